The summed E-state index contributed by atoms with van der Waals surface area (Å²) in [7, 11) is 0. The lowest BCUT2D eigenvalue weighted by Gasteiger charge is -2.25. The van der Waals surface area contributed by atoms with Gasteiger partial charge in [-0.3, -0.25) is 4.90 Å². The molecule has 0 saturated carbocycles. The number of fused-ring (bicyclic) bond motifs is 4. The van der Waals surface area contributed by atoms with E-state index in [4.69, 9.17) is 5.41 Å². The Bertz CT molecular complexity index is 129. The first-order valence-corrected chi connectivity index (χ1v) is 4.13. The van der Waals surface area contributed by atoms with Gasteiger partial charge in [-0.25, -0.2) is 0 Å². The molecule has 0 aromatic carbocycles. The number of nitrogens with zero attached hydrogens (tertiary/aromatic N) is 1. The van der Waals surface area contributed by atoms with Gasteiger partial charge in [0.1, 0.15) is 0 Å². The molecule has 0 spiro atoms. The Kier molecular flexibility index (Phi) is 1.49. The van der Waals surface area contributed by atoms with E-state index >= 15 is 0 Å². The van der Waals surface area contributed by atoms with Crippen molar-refractivity contribution in [2.45, 2.75) is 19.3 Å². The minimum absolute atomic E-state index is 0.853. The fourth-order valence-corrected chi connectivity index (χ4v) is 2.03. The van der Waals surface area contributed by atoms with Crippen molar-refractivity contribution < 1.29 is 0 Å². The zero-order valence-electron chi connectivity index (χ0n) is 6.27. The van der Waals surface area contributed by atoms with Gasteiger partial charge in [0.2, 0.25) is 0 Å². The number of piperidine rings is 1. The highest BCUT2D eigenvalue weighted by molar-refractivity contribution is 5.84. The standard InChI is InChI=1S/C8H14N2/c9-8-5-7-1-3-10(6-8)4-2-7/h7,9H,1-6H2. The molecule has 0 amide bonds. The summed E-state index contributed by atoms with van der Waals surface area (Å²) in [4.78, 5) is 2.41. The van der Waals surface area contributed by atoms with Gasteiger partial charge in [-0.1, -0.05) is 0 Å². The van der Waals surface area contributed by atoms with Gasteiger partial charge in [-0.2, -0.15) is 0 Å². The summed E-state index contributed by atoms with van der Waals surface area (Å²) in [5.74, 6) is 0.853. The van der Waals surface area contributed by atoms with Crippen LogP contribution in [0.5, 0.6) is 0 Å². The fraction of sp³-hybridized carbons (Fsp3) is 0.875. The molecule has 0 atom stereocenters. The van der Waals surface area contributed by atoms with Gasteiger partial charge in [0.05, 0.1) is 0 Å². The molecule has 3 saturated heterocycles. The second-order valence-corrected chi connectivity index (χ2v) is 3.53. The van der Waals surface area contributed by atoms with Gasteiger partial charge in [0.25, 0.3) is 0 Å². The van der Waals surface area contributed by atoms with Crippen molar-refractivity contribution in [2.75, 3.05) is 19.6 Å². The molecule has 2 heteroatoms. The van der Waals surface area contributed by atoms with Crippen molar-refractivity contribution in [3.05, 3.63) is 0 Å². The maximum absolute atomic E-state index is 7.59. The first-order chi connectivity index (χ1) is 4.84. The van der Waals surface area contributed by atoms with E-state index in [9.17, 15) is 0 Å². The van der Waals surface area contributed by atoms with Crippen LogP contribution in [-0.4, -0.2) is 30.2 Å². The molecular formula is C8H14N2. The van der Waals surface area contributed by atoms with Crippen LogP contribution in [-0.2, 0) is 0 Å². The van der Waals surface area contributed by atoms with Crippen molar-refractivity contribution in [1.29, 1.82) is 5.41 Å². The average molecular weight is 138 g/mol. The van der Waals surface area contributed by atoms with Crippen LogP contribution < -0.4 is 0 Å². The molecule has 10 heavy (non-hydrogen) atoms. The lowest BCUT2D eigenvalue weighted by Crippen LogP contribution is -2.31. The zero-order valence-corrected chi connectivity index (χ0v) is 6.27. The maximum Gasteiger partial charge on any atom is 0.0360 e. The minimum atomic E-state index is 0.853. The predicted molar refractivity (Wildman–Crippen MR) is 41.5 cm³/mol. The summed E-state index contributed by atoms with van der Waals surface area (Å²) in [6, 6.07) is 0. The Morgan fingerprint density at radius 1 is 1.30 bits per heavy atom. The summed E-state index contributed by atoms with van der Waals surface area (Å²) in [6.07, 6.45) is 3.75. The van der Waals surface area contributed by atoms with Gasteiger partial charge >= 0.3 is 0 Å². The molecule has 0 radical (unpaired) electrons. The molecule has 3 rings (SSSR count). The molecule has 3 aliphatic rings. The average Bonchev–Trinajstić information content (AvgIpc) is 2.17. The Balaban J connectivity index is 2.12. The summed E-state index contributed by atoms with van der Waals surface area (Å²) in [5.41, 5.74) is 0.958. The van der Waals surface area contributed by atoms with Crippen molar-refractivity contribution in [1.82, 2.24) is 4.90 Å². The van der Waals surface area contributed by atoms with Crippen LogP contribution in [0.1, 0.15) is 19.3 Å². The van der Waals surface area contributed by atoms with Crippen LogP contribution in [0, 0.1) is 11.3 Å². The summed E-state index contributed by atoms with van der Waals surface area (Å²) >= 11 is 0. The van der Waals surface area contributed by atoms with Crippen LogP contribution in [0.4, 0.5) is 0 Å². The van der Waals surface area contributed by atoms with E-state index in [1.807, 2.05) is 0 Å². The van der Waals surface area contributed by atoms with Gasteiger partial charge in [0, 0.05) is 12.3 Å². The number of rotatable bonds is 0. The lowest BCUT2D eigenvalue weighted by atomic mass is 9.95. The molecule has 2 nitrogen and oxygen atoms in total. The number of hydrogen-bond donors (Lipinski definition) is 1. The Morgan fingerprint density at radius 2 is 2.00 bits per heavy atom. The third-order valence-electron chi connectivity index (χ3n) is 2.66. The molecule has 2 bridgehead atoms. The Morgan fingerprint density at radius 3 is 2.70 bits per heavy atom. The molecule has 0 aliphatic carbocycles. The van der Waals surface area contributed by atoms with Gasteiger partial charge in [0.15, 0.2) is 0 Å². The molecule has 3 fully saturated rings. The van der Waals surface area contributed by atoms with Crippen molar-refractivity contribution in [3.8, 4) is 0 Å². The van der Waals surface area contributed by atoms with Crippen LogP contribution >= 0.6 is 0 Å². The highest BCUT2D eigenvalue weighted by Gasteiger charge is 2.25. The summed E-state index contributed by atoms with van der Waals surface area (Å²) < 4.78 is 0. The number of hydrogen-bond acceptors (Lipinski definition) is 2. The lowest BCUT2D eigenvalue weighted by molar-refractivity contribution is 0.228. The maximum atomic E-state index is 7.59. The van der Waals surface area contributed by atoms with Crippen LogP contribution in [0.25, 0.3) is 0 Å². The molecular weight excluding hydrogens is 124 g/mol. The SMILES string of the molecule is N=C1CC2CCN(CC2)C1. The normalized spacial score (nSPS) is 39.8. The van der Waals surface area contributed by atoms with E-state index in [0.29, 0.717) is 0 Å². The molecule has 0 aromatic rings. The van der Waals surface area contributed by atoms with E-state index in [1.54, 1.807) is 0 Å². The van der Waals surface area contributed by atoms with Crippen molar-refractivity contribution >= 4 is 5.71 Å². The van der Waals surface area contributed by atoms with Crippen LogP contribution in [0.3, 0.4) is 0 Å². The first kappa shape index (κ1) is 6.35. The fourth-order valence-electron chi connectivity index (χ4n) is 2.03. The van der Waals surface area contributed by atoms with Gasteiger partial charge < -0.3 is 5.41 Å². The minimum Gasteiger partial charge on any atom is -0.308 e. The van der Waals surface area contributed by atoms with E-state index in [2.05, 4.69) is 4.90 Å². The first-order valence-electron chi connectivity index (χ1n) is 4.13. The Hall–Kier alpha value is -0.370. The van der Waals surface area contributed by atoms with E-state index in [1.165, 1.54) is 25.9 Å². The molecule has 3 aliphatic heterocycles. The monoisotopic (exact) mass is 138 g/mol. The summed E-state index contributed by atoms with van der Waals surface area (Å²) in [5, 5.41) is 7.59. The largest absolute Gasteiger partial charge is 0.308 e. The quantitative estimate of drug-likeness (QED) is 0.533. The predicted octanol–water partition coefficient (Wildman–Crippen LogP) is 1.12. The second kappa shape index (κ2) is 2.35. The van der Waals surface area contributed by atoms with Crippen LogP contribution in [0.15, 0.2) is 0 Å². The second-order valence-electron chi connectivity index (χ2n) is 3.53. The van der Waals surface area contributed by atoms with Gasteiger partial charge in [-0.05, 0) is 38.3 Å². The Labute approximate surface area is 61.7 Å². The van der Waals surface area contributed by atoms with Gasteiger partial charge in [-0.15, -0.1) is 0 Å². The third kappa shape index (κ3) is 1.08. The molecule has 3 heterocycles. The number of nitrogens with one attached hydrogen (secondary N) is 1. The molecule has 0 unspecified atom stereocenters. The van der Waals surface area contributed by atoms with E-state index in [0.717, 1.165) is 24.6 Å². The van der Waals surface area contributed by atoms with E-state index in [-0.39, 0.29) is 0 Å². The topological polar surface area (TPSA) is 27.1 Å². The van der Waals surface area contributed by atoms with Crippen molar-refractivity contribution in [3.63, 3.8) is 0 Å². The van der Waals surface area contributed by atoms with Crippen LogP contribution in [0.2, 0.25) is 0 Å². The highest BCUT2D eigenvalue weighted by Crippen LogP contribution is 2.24. The third-order valence-corrected chi connectivity index (χ3v) is 2.66. The molecule has 1 N–H and O–H groups in total. The molecule has 0 aromatic heterocycles. The summed E-state index contributed by atoms with van der Waals surface area (Å²) in [6.45, 7) is 3.44. The highest BCUT2D eigenvalue weighted by atomic mass is 15.1. The van der Waals surface area contributed by atoms with E-state index < -0.39 is 0 Å². The van der Waals surface area contributed by atoms with Crippen molar-refractivity contribution in [2.24, 2.45) is 5.92 Å². The smallest absolute Gasteiger partial charge is 0.0360 e. The zero-order chi connectivity index (χ0) is 6.97. The molecule has 56 valence electrons.